The summed E-state index contributed by atoms with van der Waals surface area (Å²) >= 11 is 0. The average molecular weight is 185 g/mol. The second kappa shape index (κ2) is 6.39. The van der Waals surface area contributed by atoms with Crippen LogP contribution < -0.4 is 5.32 Å². The average Bonchev–Trinajstić information content (AvgIpc) is 2.33. The molecule has 0 aliphatic heterocycles. The first-order chi connectivity index (χ1) is 6.38. The van der Waals surface area contributed by atoms with Gasteiger partial charge in [-0.3, -0.25) is 0 Å². The van der Waals surface area contributed by atoms with Crippen LogP contribution in [0.15, 0.2) is 0 Å². The molecule has 2 heteroatoms. The fourth-order valence-electron chi connectivity index (χ4n) is 2.18. The highest BCUT2D eigenvalue weighted by atomic mass is 16.5. The minimum Gasteiger partial charge on any atom is -0.377 e. The summed E-state index contributed by atoms with van der Waals surface area (Å²) in [6.07, 6.45) is 7.08. The predicted octanol–water partition coefficient (Wildman–Crippen LogP) is 2.33. The molecule has 0 aromatic carbocycles. The van der Waals surface area contributed by atoms with Crippen molar-refractivity contribution < 1.29 is 4.74 Å². The summed E-state index contributed by atoms with van der Waals surface area (Å²) < 4.78 is 5.77. The lowest BCUT2D eigenvalue weighted by atomic mass is 10.1. The Balaban J connectivity index is 2.40. The van der Waals surface area contributed by atoms with Gasteiger partial charge in [0.25, 0.3) is 0 Å². The number of likely N-dealkylation sites (N-methyl/N-ethyl adjacent to an activating group) is 1. The highest BCUT2D eigenvalue weighted by Gasteiger charge is 2.22. The van der Waals surface area contributed by atoms with Crippen LogP contribution in [-0.2, 0) is 4.74 Å². The first kappa shape index (κ1) is 11.0. The van der Waals surface area contributed by atoms with Crippen LogP contribution in [0.5, 0.6) is 0 Å². The molecule has 1 saturated carbocycles. The molecule has 2 nitrogen and oxygen atoms in total. The maximum absolute atomic E-state index is 5.77. The maximum Gasteiger partial charge on any atom is 0.0727 e. The van der Waals surface area contributed by atoms with Crippen LogP contribution in [-0.4, -0.2) is 25.3 Å². The van der Waals surface area contributed by atoms with E-state index in [2.05, 4.69) is 19.2 Å². The third kappa shape index (κ3) is 3.65. The molecule has 13 heavy (non-hydrogen) atoms. The van der Waals surface area contributed by atoms with Gasteiger partial charge in [0.05, 0.1) is 6.10 Å². The van der Waals surface area contributed by atoms with Crippen molar-refractivity contribution in [3.05, 3.63) is 0 Å². The standard InChI is InChI=1S/C11H23NO/c1-3-12-10-8-6-5-7-9-11(10)13-4-2/h10-12H,3-9H2,1-2H3/t10-,11+/m0/s1. The van der Waals surface area contributed by atoms with E-state index < -0.39 is 0 Å². The number of ether oxygens (including phenoxy) is 1. The molecule has 0 spiro atoms. The summed E-state index contributed by atoms with van der Waals surface area (Å²) in [6, 6.07) is 0.604. The van der Waals surface area contributed by atoms with Gasteiger partial charge in [0.1, 0.15) is 0 Å². The molecule has 0 aromatic heterocycles. The Kier molecular flexibility index (Phi) is 5.40. The lowest BCUT2D eigenvalue weighted by Crippen LogP contribution is -2.40. The molecule has 1 N–H and O–H groups in total. The molecule has 0 unspecified atom stereocenters. The normalized spacial score (nSPS) is 30.0. The van der Waals surface area contributed by atoms with Crippen molar-refractivity contribution in [1.82, 2.24) is 5.32 Å². The summed E-state index contributed by atoms with van der Waals surface area (Å²) in [5, 5.41) is 3.53. The molecule has 0 amide bonds. The second-order valence-electron chi connectivity index (χ2n) is 3.80. The third-order valence-corrected chi connectivity index (χ3v) is 2.80. The highest BCUT2D eigenvalue weighted by molar-refractivity contribution is 4.79. The van der Waals surface area contributed by atoms with Crippen molar-refractivity contribution in [1.29, 1.82) is 0 Å². The van der Waals surface area contributed by atoms with E-state index in [1.165, 1.54) is 32.1 Å². The summed E-state index contributed by atoms with van der Waals surface area (Å²) in [5.74, 6) is 0. The molecule has 0 aromatic rings. The predicted molar refractivity (Wildman–Crippen MR) is 56.0 cm³/mol. The van der Waals surface area contributed by atoms with E-state index in [0.29, 0.717) is 12.1 Å². The first-order valence-electron chi connectivity index (χ1n) is 5.73. The van der Waals surface area contributed by atoms with Gasteiger partial charge in [-0.1, -0.05) is 26.2 Å². The molecule has 2 atom stereocenters. The van der Waals surface area contributed by atoms with Crippen LogP contribution in [0, 0.1) is 0 Å². The Morgan fingerprint density at radius 3 is 2.62 bits per heavy atom. The van der Waals surface area contributed by atoms with Crippen molar-refractivity contribution in [2.24, 2.45) is 0 Å². The smallest absolute Gasteiger partial charge is 0.0727 e. The summed E-state index contributed by atoms with van der Waals surface area (Å²) in [7, 11) is 0. The van der Waals surface area contributed by atoms with Gasteiger partial charge in [0.2, 0.25) is 0 Å². The molecule has 0 bridgehead atoms. The van der Waals surface area contributed by atoms with Crippen LogP contribution in [0.2, 0.25) is 0 Å². The molecule has 0 saturated heterocycles. The number of rotatable bonds is 4. The van der Waals surface area contributed by atoms with Crippen molar-refractivity contribution in [3.8, 4) is 0 Å². The number of nitrogens with one attached hydrogen (secondary N) is 1. The molecule has 0 radical (unpaired) electrons. The van der Waals surface area contributed by atoms with Gasteiger partial charge in [-0.05, 0) is 26.3 Å². The van der Waals surface area contributed by atoms with Gasteiger partial charge < -0.3 is 10.1 Å². The fraction of sp³-hybridized carbons (Fsp3) is 1.00. The van der Waals surface area contributed by atoms with Crippen LogP contribution in [0.4, 0.5) is 0 Å². The summed E-state index contributed by atoms with van der Waals surface area (Å²) in [5.41, 5.74) is 0. The van der Waals surface area contributed by atoms with Gasteiger partial charge >= 0.3 is 0 Å². The zero-order chi connectivity index (χ0) is 9.52. The Bertz CT molecular complexity index is 113. The van der Waals surface area contributed by atoms with Crippen LogP contribution in [0.3, 0.4) is 0 Å². The van der Waals surface area contributed by atoms with E-state index in [1.54, 1.807) is 0 Å². The Labute approximate surface area is 82.0 Å². The molecule has 0 heterocycles. The van der Waals surface area contributed by atoms with Crippen molar-refractivity contribution in [3.63, 3.8) is 0 Å². The number of hydrogen-bond acceptors (Lipinski definition) is 2. The van der Waals surface area contributed by atoms with Crippen molar-refractivity contribution in [2.45, 2.75) is 58.1 Å². The van der Waals surface area contributed by atoms with E-state index in [9.17, 15) is 0 Å². The highest BCUT2D eigenvalue weighted by Crippen LogP contribution is 2.20. The van der Waals surface area contributed by atoms with E-state index in [1.807, 2.05) is 0 Å². The molecule has 1 fully saturated rings. The maximum atomic E-state index is 5.77. The molecule has 78 valence electrons. The number of hydrogen-bond donors (Lipinski definition) is 1. The first-order valence-corrected chi connectivity index (χ1v) is 5.73. The van der Waals surface area contributed by atoms with Gasteiger partial charge in [-0.15, -0.1) is 0 Å². The van der Waals surface area contributed by atoms with Crippen LogP contribution in [0.1, 0.15) is 46.0 Å². The fourth-order valence-corrected chi connectivity index (χ4v) is 2.18. The van der Waals surface area contributed by atoms with Crippen LogP contribution >= 0.6 is 0 Å². The zero-order valence-corrected chi connectivity index (χ0v) is 9.01. The largest absolute Gasteiger partial charge is 0.377 e. The minimum absolute atomic E-state index is 0.465. The Hall–Kier alpha value is -0.0800. The quantitative estimate of drug-likeness (QED) is 0.679. The molecular weight excluding hydrogens is 162 g/mol. The van der Waals surface area contributed by atoms with Crippen molar-refractivity contribution in [2.75, 3.05) is 13.2 Å². The topological polar surface area (TPSA) is 21.3 Å². The Morgan fingerprint density at radius 2 is 1.92 bits per heavy atom. The molecule has 1 aliphatic carbocycles. The van der Waals surface area contributed by atoms with Gasteiger partial charge in [-0.2, -0.15) is 0 Å². The van der Waals surface area contributed by atoms with E-state index in [4.69, 9.17) is 4.74 Å². The van der Waals surface area contributed by atoms with Gasteiger partial charge in [0.15, 0.2) is 0 Å². The van der Waals surface area contributed by atoms with Crippen LogP contribution in [0.25, 0.3) is 0 Å². The minimum atomic E-state index is 0.465. The van der Waals surface area contributed by atoms with Gasteiger partial charge in [-0.25, -0.2) is 0 Å². The monoisotopic (exact) mass is 185 g/mol. The Morgan fingerprint density at radius 1 is 1.15 bits per heavy atom. The zero-order valence-electron chi connectivity index (χ0n) is 9.01. The SMILES string of the molecule is CCN[C@H]1CCCCC[C@H]1OCC. The second-order valence-corrected chi connectivity index (χ2v) is 3.80. The third-order valence-electron chi connectivity index (χ3n) is 2.80. The van der Waals surface area contributed by atoms with Gasteiger partial charge in [0, 0.05) is 12.6 Å². The van der Waals surface area contributed by atoms with E-state index >= 15 is 0 Å². The lowest BCUT2D eigenvalue weighted by molar-refractivity contribution is 0.0306. The lowest BCUT2D eigenvalue weighted by Gasteiger charge is -2.25. The van der Waals surface area contributed by atoms with E-state index in [0.717, 1.165) is 13.2 Å². The molecule has 1 rings (SSSR count). The van der Waals surface area contributed by atoms with Crippen molar-refractivity contribution >= 4 is 0 Å². The van der Waals surface area contributed by atoms with E-state index in [-0.39, 0.29) is 0 Å². The molecule has 1 aliphatic rings. The summed E-state index contributed by atoms with van der Waals surface area (Å²) in [6.45, 7) is 6.18. The molecular formula is C11H23NO. The summed E-state index contributed by atoms with van der Waals surface area (Å²) in [4.78, 5) is 0.